The van der Waals surface area contributed by atoms with Gasteiger partial charge in [-0.15, -0.1) is 0 Å². The van der Waals surface area contributed by atoms with E-state index in [9.17, 15) is 0 Å². The largest absolute Gasteiger partial charge is 0.334 e. The molecule has 4 heteroatoms. The van der Waals surface area contributed by atoms with Gasteiger partial charge in [-0.25, -0.2) is 0 Å². The Morgan fingerprint density at radius 3 is 0.955 bits per heavy atom. The highest BCUT2D eigenvalue weighted by Crippen LogP contribution is 2.63. The topological polar surface area (TPSA) is 40.6 Å². The number of amides is 2. The molecule has 4 nitrogen and oxygen atoms in total. The zero-order valence-electron chi connectivity index (χ0n) is 27.9. The van der Waals surface area contributed by atoms with Gasteiger partial charge < -0.3 is 9.80 Å². The maximum Gasteiger partial charge on any atom is 0.229 e. The minimum atomic E-state index is -0.0756. The van der Waals surface area contributed by atoms with Crippen LogP contribution in [0.3, 0.4) is 0 Å². The molecule has 0 aliphatic heterocycles. The van der Waals surface area contributed by atoms with Crippen LogP contribution in [-0.2, 0) is 9.59 Å². The van der Waals surface area contributed by atoms with Crippen LogP contribution in [0.25, 0.3) is 0 Å². The number of carbonyl (C=O) groups excluding carboxylic acids is 2. The third-order valence-electron chi connectivity index (χ3n) is 15.8. The van der Waals surface area contributed by atoms with Crippen molar-refractivity contribution in [2.45, 2.75) is 191 Å². The van der Waals surface area contributed by atoms with Crippen molar-refractivity contribution in [3.05, 3.63) is 0 Å². The Balaban J connectivity index is 1.08. The SMILES string of the molecule is O=C(N(C1CCCCC1)C1CCCCC1N(C(=O)C12CC3CC(CC(C3)C1)C2)C1CCCCC1)C12CC3CC(CC(C3)C1)C2. The van der Waals surface area contributed by atoms with E-state index in [1.54, 1.807) is 0 Å². The third kappa shape index (κ3) is 4.86. The summed E-state index contributed by atoms with van der Waals surface area (Å²) in [4.78, 5) is 36.2. The van der Waals surface area contributed by atoms with Crippen LogP contribution in [0, 0.1) is 46.3 Å². The predicted molar refractivity (Wildman–Crippen MR) is 175 cm³/mol. The highest BCUT2D eigenvalue weighted by molar-refractivity contribution is 5.86. The first-order valence-corrected chi connectivity index (χ1v) is 20.1. The number of hydrogen-bond donors (Lipinski definition) is 0. The lowest BCUT2D eigenvalue weighted by molar-refractivity contribution is -0.175. The van der Waals surface area contributed by atoms with Crippen molar-refractivity contribution in [3.8, 4) is 0 Å². The van der Waals surface area contributed by atoms with E-state index in [1.807, 2.05) is 0 Å². The molecule has 0 radical (unpaired) electrons. The molecule has 2 unspecified atom stereocenters. The van der Waals surface area contributed by atoms with E-state index in [0.29, 0.717) is 23.9 Å². The van der Waals surface area contributed by atoms with Crippen molar-refractivity contribution in [2.75, 3.05) is 0 Å². The van der Waals surface area contributed by atoms with Gasteiger partial charge in [0, 0.05) is 12.1 Å². The van der Waals surface area contributed by atoms with Crippen LogP contribution < -0.4 is 0 Å². The molecule has 11 rings (SSSR count). The van der Waals surface area contributed by atoms with Gasteiger partial charge in [0.25, 0.3) is 0 Å². The van der Waals surface area contributed by atoms with Crippen molar-refractivity contribution < 1.29 is 9.59 Å². The smallest absolute Gasteiger partial charge is 0.229 e. The summed E-state index contributed by atoms with van der Waals surface area (Å²) in [6, 6.07) is 1.34. The van der Waals surface area contributed by atoms with Gasteiger partial charge in [0.2, 0.25) is 11.8 Å². The normalized spacial score (nSPS) is 46.7. The Labute approximate surface area is 268 Å². The second kappa shape index (κ2) is 11.3. The summed E-state index contributed by atoms with van der Waals surface area (Å²) in [6.07, 6.45) is 32.8. The van der Waals surface area contributed by atoms with Gasteiger partial charge in [0.15, 0.2) is 0 Å². The molecule has 0 aromatic carbocycles. The van der Waals surface area contributed by atoms with Crippen molar-refractivity contribution in [1.82, 2.24) is 9.80 Å². The van der Waals surface area contributed by atoms with Gasteiger partial charge in [-0.3, -0.25) is 9.59 Å². The Bertz CT molecular complexity index is 944. The fourth-order valence-corrected chi connectivity index (χ4v) is 14.9. The minimum Gasteiger partial charge on any atom is -0.334 e. The lowest BCUT2D eigenvalue weighted by Gasteiger charge is -2.60. The molecule has 0 N–H and O–H groups in total. The first-order chi connectivity index (χ1) is 21.5. The number of carbonyl (C=O) groups is 2. The highest BCUT2D eigenvalue weighted by atomic mass is 16.2. The second-order valence-corrected chi connectivity index (χ2v) is 18.8. The van der Waals surface area contributed by atoms with E-state index in [-0.39, 0.29) is 22.9 Å². The van der Waals surface area contributed by atoms with Gasteiger partial charge in [0.05, 0.1) is 22.9 Å². The van der Waals surface area contributed by atoms with Gasteiger partial charge in [-0.05, 0) is 151 Å². The number of nitrogens with zero attached hydrogens (tertiary/aromatic N) is 2. The molecular weight excluding hydrogens is 540 g/mol. The van der Waals surface area contributed by atoms with Crippen molar-refractivity contribution in [1.29, 1.82) is 0 Å². The number of hydrogen-bond acceptors (Lipinski definition) is 2. The maximum absolute atomic E-state index is 15.5. The van der Waals surface area contributed by atoms with E-state index in [2.05, 4.69) is 9.80 Å². The van der Waals surface area contributed by atoms with Crippen LogP contribution in [0.5, 0.6) is 0 Å². The summed E-state index contributed by atoms with van der Waals surface area (Å²) in [6.45, 7) is 0. The summed E-state index contributed by atoms with van der Waals surface area (Å²) in [5.41, 5.74) is -0.151. The molecule has 8 bridgehead atoms. The first-order valence-electron chi connectivity index (χ1n) is 20.1. The van der Waals surface area contributed by atoms with Crippen LogP contribution in [-0.4, -0.2) is 45.8 Å². The van der Waals surface area contributed by atoms with Crippen LogP contribution in [0.15, 0.2) is 0 Å². The van der Waals surface area contributed by atoms with Crippen LogP contribution in [0.1, 0.15) is 167 Å². The van der Waals surface area contributed by atoms with Crippen molar-refractivity contribution in [3.63, 3.8) is 0 Å². The fourth-order valence-electron chi connectivity index (χ4n) is 14.9. The predicted octanol–water partition coefficient (Wildman–Crippen LogP) is 9.05. The minimum absolute atomic E-state index is 0.0756. The first kappa shape index (κ1) is 29.1. The van der Waals surface area contributed by atoms with Crippen molar-refractivity contribution in [2.24, 2.45) is 46.3 Å². The summed E-state index contributed by atoms with van der Waals surface area (Å²) in [5.74, 6) is 5.99. The van der Waals surface area contributed by atoms with E-state index < -0.39 is 0 Å². The second-order valence-electron chi connectivity index (χ2n) is 18.8. The zero-order valence-corrected chi connectivity index (χ0v) is 27.9. The average molecular weight is 603 g/mol. The lowest BCUT2D eigenvalue weighted by atomic mass is 9.49. The molecule has 244 valence electrons. The summed E-state index contributed by atoms with van der Waals surface area (Å²) < 4.78 is 0. The molecule has 0 spiro atoms. The van der Waals surface area contributed by atoms with Gasteiger partial charge in [-0.2, -0.15) is 0 Å². The Hall–Kier alpha value is -1.06. The molecule has 11 aliphatic rings. The van der Waals surface area contributed by atoms with E-state index in [1.165, 1.54) is 154 Å². The van der Waals surface area contributed by atoms with Crippen LogP contribution in [0.2, 0.25) is 0 Å². The van der Waals surface area contributed by atoms with Crippen LogP contribution in [0.4, 0.5) is 0 Å². The quantitative estimate of drug-likeness (QED) is 0.304. The third-order valence-corrected chi connectivity index (χ3v) is 15.8. The van der Waals surface area contributed by atoms with Gasteiger partial charge in [0.1, 0.15) is 0 Å². The monoisotopic (exact) mass is 602 g/mol. The lowest BCUT2D eigenvalue weighted by Crippen LogP contribution is -2.67. The molecule has 11 saturated carbocycles. The molecule has 2 amide bonds. The Morgan fingerprint density at radius 1 is 0.386 bits per heavy atom. The van der Waals surface area contributed by atoms with Gasteiger partial charge >= 0.3 is 0 Å². The van der Waals surface area contributed by atoms with E-state index in [4.69, 9.17) is 0 Å². The molecule has 11 fully saturated rings. The standard InChI is InChI=1S/C40H62N2O2/c43-37(39-21-27-15-28(22-39)17-29(16-27)23-39)41(33-9-3-1-4-10-33)35-13-7-8-14-36(35)42(34-11-5-2-6-12-34)38(44)40-24-30-18-31(25-40)20-32(19-30)26-40/h27-36H,1-26H2. The molecular formula is C40H62N2O2. The fraction of sp³-hybridized carbons (Fsp3) is 0.950. The maximum atomic E-state index is 15.5. The molecule has 0 aromatic rings. The molecule has 0 aromatic heterocycles. The molecule has 0 heterocycles. The molecule has 2 atom stereocenters. The van der Waals surface area contributed by atoms with E-state index >= 15 is 9.59 Å². The average Bonchev–Trinajstić information content (AvgIpc) is 3.02. The van der Waals surface area contributed by atoms with Gasteiger partial charge in [-0.1, -0.05) is 51.4 Å². The van der Waals surface area contributed by atoms with Crippen LogP contribution >= 0.6 is 0 Å². The Kier molecular flexibility index (Phi) is 7.46. The highest BCUT2D eigenvalue weighted by Gasteiger charge is 2.60. The number of rotatable bonds is 6. The Morgan fingerprint density at radius 2 is 0.659 bits per heavy atom. The molecule has 0 saturated heterocycles. The zero-order chi connectivity index (χ0) is 29.5. The summed E-state index contributed by atoms with van der Waals surface area (Å²) >= 11 is 0. The van der Waals surface area contributed by atoms with E-state index in [0.717, 1.165) is 48.3 Å². The summed E-state index contributed by atoms with van der Waals surface area (Å²) in [7, 11) is 0. The molecule has 44 heavy (non-hydrogen) atoms. The molecule has 11 aliphatic carbocycles. The van der Waals surface area contributed by atoms with Crippen molar-refractivity contribution >= 4 is 11.8 Å². The summed E-state index contributed by atoms with van der Waals surface area (Å²) in [5, 5.41) is 0.